The molecule has 2 aliphatic heterocycles. The van der Waals surface area contributed by atoms with Crippen LogP contribution in [0, 0.1) is 5.41 Å². The van der Waals surface area contributed by atoms with Crippen molar-refractivity contribution in [3.05, 3.63) is 24.3 Å². The fraction of sp³-hybridized carbons (Fsp3) is 0.647. The van der Waals surface area contributed by atoms with Gasteiger partial charge in [0.2, 0.25) is 0 Å². The third kappa shape index (κ3) is 2.17. The fourth-order valence-corrected chi connectivity index (χ4v) is 5.17. The van der Waals surface area contributed by atoms with Crippen molar-refractivity contribution in [1.82, 2.24) is 0 Å². The number of rotatable bonds is 3. The van der Waals surface area contributed by atoms with E-state index < -0.39 is 14.6 Å². The maximum atomic E-state index is 12.8. The summed E-state index contributed by atoms with van der Waals surface area (Å²) in [6.45, 7) is 4.46. The molecule has 0 bridgehead atoms. The Labute approximate surface area is 132 Å². The molecule has 5 heteroatoms. The minimum absolute atomic E-state index is 0.297. The van der Waals surface area contributed by atoms with E-state index >= 15 is 0 Å². The summed E-state index contributed by atoms with van der Waals surface area (Å²) in [6.07, 6.45) is 5.26. The van der Waals surface area contributed by atoms with Crippen LogP contribution in [0.1, 0.15) is 32.6 Å². The zero-order valence-corrected chi connectivity index (χ0v) is 13.9. The highest BCUT2D eigenvalue weighted by Crippen LogP contribution is 2.54. The van der Waals surface area contributed by atoms with Gasteiger partial charge < -0.3 is 9.64 Å². The Balaban J connectivity index is 1.58. The Morgan fingerprint density at radius 2 is 1.77 bits per heavy atom. The fourth-order valence-electron chi connectivity index (χ4n) is 3.59. The second-order valence-electron chi connectivity index (χ2n) is 7.43. The van der Waals surface area contributed by atoms with Crippen LogP contribution in [0.15, 0.2) is 29.2 Å². The van der Waals surface area contributed by atoms with Crippen LogP contribution in [0.3, 0.4) is 0 Å². The SMILES string of the molecule is CC1(S(=O)(=O)c2cccc(N3CCC4(CC3)CC4)c2)COC1. The maximum absolute atomic E-state index is 12.8. The summed E-state index contributed by atoms with van der Waals surface area (Å²) < 4.78 is 29.9. The molecule has 3 fully saturated rings. The minimum Gasteiger partial charge on any atom is -0.378 e. The highest BCUT2D eigenvalue weighted by atomic mass is 32.2. The highest BCUT2D eigenvalue weighted by molar-refractivity contribution is 7.93. The van der Waals surface area contributed by atoms with Crippen molar-refractivity contribution in [3.8, 4) is 0 Å². The van der Waals surface area contributed by atoms with E-state index in [4.69, 9.17) is 4.74 Å². The monoisotopic (exact) mass is 321 g/mol. The van der Waals surface area contributed by atoms with Gasteiger partial charge in [-0.3, -0.25) is 0 Å². The lowest BCUT2D eigenvalue weighted by atomic mass is 9.93. The van der Waals surface area contributed by atoms with Gasteiger partial charge in [-0.2, -0.15) is 0 Å². The summed E-state index contributed by atoms with van der Waals surface area (Å²) in [5.74, 6) is 0. The van der Waals surface area contributed by atoms with Crippen molar-refractivity contribution >= 4 is 15.5 Å². The quantitative estimate of drug-likeness (QED) is 0.858. The van der Waals surface area contributed by atoms with E-state index in [0.717, 1.165) is 18.8 Å². The molecule has 0 unspecified atom stereocenters. The van der Waals surface area contributed by atoms with Gasteiger partial charge >= 0.3 is 0 Å². The van der Waals surface area contributed by atoms with Crippen molar-refractivity contribution in [1.29, 1.82) is 0 Å². The predicted octanol–water partition coefficient (Wildman–Crippen LogP) is 2.63. The van der Waals surface area contributed by atoms with Crippen molar-refractivity contribution in [2.75, 3.05) is 31.2 Å². The van der Waals surface area contributed by atoms with E-state index in [1.165, 1.54) is 25.7 Å². The Bertz CT molecular complexity index is 680. The number of sulfone groups is 1. The average Bonchev–Trinajstić information content (AvgIpc) is 3.25. The second-order valence-corrected chi connectivity index (χ2v) is 9.89. The molecule has 0 amide bonds. The second kappa shape index (κ2) is 4.71. The maximum Gasteiger partial charge on any atom is 0.188 e. The van der Waals surface area contributed by atoms with Gasteiger partial charge in [-0.15, -0.1) is 0 Å². The van der Waals surface area contributed by atoms with Crippen molar-refractivity contribution < 1.29 is 13.2 Å². The van der Waals surface area contributed by atoms with Gasteiger partial charge in [-0.1, -0.05) is 6.07 Å². The molecule has 22 heavy (non-hydrogen) atoms. The van der Waals surface area contributed by atoms with Gasteiger partial charge in [-0.05, 0) is 56.2 Å². The van der Waals surface area contributed by atoms with Gasteiger partial charge in [0.15, 0.2) is 9.84 Å². The van der Waals surface area contributed by atoms with Crippen LogP contribution in [0.5, 0.6) is 0 Å². The highest BCUT2D eigenvalue weighted by Gasteiger charge is 2.47. The summed E-state index contributed by atoms with van der Waals surface area (Å²) in [6, 6.07) is 7.47. The van der Waals surface area contributed by atoms with E-state index in [1.807, 2.05) is 18.2 Å². The topological polar surface area (TPSA) is 46.6 Å². The van der Waals surface area contributed by atoms with Gasteiger partial charge in [0.1, 0.15) is 4.75 Å². The van der Waals surface area contributed by atoms with Crippen molar-refractivity contribution in [3.63, 3.8) is 0 Å². The molecule has 1 saturated carbocycles. The third-order valence-corrected chi connectivity index (χ3v) is 8.15. The molecule has 1 aromatic carbocycles. The largest absolute Gasteiger partial charge is 0.378 e. The van der Waals surface area contributed by atoms with Crippen LogP contribution in [0.25, 0.3) is 0 Å². The summed E-state index contributed by atoms with van der Waals surface area (Å²) in [7, 11) is -3.33. The lowest BCUT2D eigenvalue weighted by molar-refractivity contribution is -0.00490. The molecular formula is C17H23NO3S. The van der Waals surface area contributed by atoms with Gasteiger partial charge in [0, 0.05) is 18.8 Å². The number of benzene rings is 1. The summed E-state index contributed by atoms with van der Waals surface area (Å²) in [4.78, 5) is 2.77. The van der Waals surface area contributed by atoms with Gasteiger partial charge in [-0.25, -0.2) is 8.42 Å². The van der Waals surface area contributed by atoms with Gasteiger partial charge in [0.25, 0.3) is 0 Å². The molecule has 120 valence electrons. The van der Waals surface area contributed by atoms with Crippen LogP contribution in [0.4, 0.5) is 5.69 Å². The summed E-state index contributed by atoms with van der Waals surface area (Å²) >= 11 is 0. The number of anilines is 1. The molecule has 3 aliphatic rings. The van der Waals surface area contributed by atoms with Crippen LogP contribution in [0.2, 0.25) is 0 Å². The third-order valence-electron chi connectivity index (χ3n) is 5.74. The minimum atomic E-state index is -3.33. The molecular weight excluding hydrogens is 298 g/mol. The number of nitrogens with zero attached hydrogens (tertiary/aromatic N) is 1. The van der Waals surface area contributed by atoms with E-state index in [1.54, 1.807) is 13.0 Å². The Hall–Kier alpha value is -1.07. The number of ether oxygens (including phenoxy) is 1. The molecule has 1 spiro atoms. The zero-order valence-electron chi connectivity index (χ0n) is 13.0. The smallest absolute Gasteiger partial charge is 0.188 e. The van der Waals surface area contributed by atoms with Crippen molar-refractivity contribution in [2.45, 2.75) is 42.2 Å². The first-order valence-corrected chi connectivity index (χ1v) is 9.60. The molecule has 4 rings (SSSR count). The molecule has 1 aromatic rings. The predicted molar refractivity (Wildman–Crippen MR) is 86.0 cm³/mol. The molecule has 0 atom stereocenters. The Kier molecular flexibility index (Phi) is 3.11. The van der Waals surface area contributed by atoms with Crippen molar-refractivity contribution in [2.24, 2.45) is 5.41 Å². The molecule has 0 radical (unpaired) electrons. The van der Waals surface area contributed by atoms with E-state index in [0.29, 0.717) is 23.5 Å². The van der Waals surface area contributed by atoms with Gasteiger partial charge in [0.05, 0.1) is 18.1 Å². The molecule has 1 aliphatic carbocycles. The Morgan fingerprint density at radius 3 is 2.32 bits per heavy atom. The van der Waals surface area contributed by atoms with Crippen LogP contribution in [-0.2, 0) is 14.6 Å². The first-order chi connectivity index (χ1) is 10.4. The standard InChI is InChI=1S/C17H23NO3S/c1-16(12-21-13-16)22(19,20)15-4-2-3-14(11-15)18-9-7-17(5-6-17)8-10-18/h2-4,11H,5-10,12-13H2,1H3. The average molecular weight is 321 g/mol. The summed E-state index contributed by atoms with van der Waals surface area (Å²) in [5, 5.41) is 0. The first-order valence-electron chi connectivity index (χ1n) is 8.12. The first kappa shape index (κ1) is 14.5. The molecule has 2 saturated heterocycles. The zero-order chi connectivity index (χ0) is 15.4. The van der Waals surface area contributed by atoms with E-state index in [2.05, 4.69) is 4.90 Å². The van der Waals surface area contributed by atoms with Crippen LogP contribution in [-0.4, -0.2) is 39.5 Å². The molecule has 0 N–H and O–H groups in total. The van der Waals surface area contributed by atoms with Crippen LogP contribution < -0.4 is 4.90 Å². The van der Waals surface area contributed by atoms with E-state index in [9.17, 15) is 8.42 Å². The molecule has 2 heterocycles. The normalized spacial score (nSPS) is 25.8. The molecule has 0 aromatic heterocycles. The van der Waals surface area contributed by atoms with E-state index in [-0.39, 0.29) is 0 Å². The summed E-state index contributed by atoms with van der Waals surface area (Å²) in [5.41, 5.74) is 1.68. The lowest BCUT2D eigenvalue weighted by Gasteiger charge is -2.37. The Morgan fingerprint density at radius 1 is 1.09 bits per heavy atom. The number of piperidine rings is 1. The molecule has 4 nitrogen and oxygen atoms in total. The van der Waals surface area contributed by atoms with Crippen LogP contribution >= 0.6 is 0 Å². The number of hydrogen-bond donors (Lipinski definition) is 0. The number of hydrogen-bond acceptors (Lipinski definition) is 4. The lowest BCUT2D eigenvalue weighted by Crippen LogP contribution is -2.53.